The van der Waals surface area contributed by atoms with Gasteiger partial charge in [-0.1, -0.05) is 12.1 Å². The summed E-state index contributed by atoms with van der Waals surface area (Å²) in [6, 6.07) is 15.2. The van der Waals surface area contributed by atoms with Crippen LogP contribution in [0.25, 0.3) is 39.2 Å². The van der Waals surface area contributed by atoms with Gasteiger partial charge in [-0.15, -0.1) is 0 Å². The Morgan fingerprint density at radius 1 is 0.977 bits per heavy atom. The molecule has 0 bridgehead atoms. The summed E-state index contributed by atoms with van der Waals surface area (Å²) in [5.74, 6) is -0.571. The van der Waals surface area contributed by atoms with Gasteiger partial charge in [0.1, 0.15) is 18.4 Å². The van der Waals surface area contributed by atoms with Gasteiger partial charge in [0, 0.05) is 35.7 Å². The summed E-state index contributed by atoms with van der Waals surface area (Å²) in [6.07, 6.45) is -3.01. The number of benzene rings is 2. The summed E-state index contributed by atoms with van der Waals surface area (Å²) in [6.45, 7) is 5.54. The van der Waals surface area contributed by atoms with Crippen LogP contribution in [0, 0.1) is 0 Å². The molecule has 2 N–H and O–H groups in total. The monoisotopic (exact) mass is 590 g/mol. The second-order valence-electron chi connectivity index (χ2n) is 11.0. The van der Waals surface area contributed by atoms with Crippen LogP contribution in [-0.4, -0.2) is 50.3 Å². The van der Waals surface area contributed by atoms with Crippen LogP contribution in [0.1, 0.15) is 53.6 Å². The SMILES string of the molecule is CNC(=O)c1c(-c2ccc(-n3cncn3)cc2)oc2nc(CCC(F)(F)F)c(-c3cccc(C(=O)NC(C)(C)C)c3)cc12. The van der Waals surface area contributed by atoms with Crippen LogP contribution < -0.4 is 10.6 Å². The first-order chi connectivity index (χ1) is 20.3. The Bertz CT molecular complexity index is 1790. The van der Waals surface area contributed by atoms with E-state index in [1.165, 1.54) is 13.4 Å². The van der Waals surface area contributed by atoms with Gasteiger partial charge in [-0.3, -0.25) is 9.59 Å². The molecule has 3 aromatic heterocycles. The molecular weight excluding hydrogens is 561 g/mol. The number of aromatic nitrogens is 4. The van der Waals surface area contributed by atoms with E-state index in [-0.39, 0.29) is 28.6 Å². The Hall–Kier alpha value is -5.00. The van der Waals surface area contributed by atoms with Gasteiger partial charge < -0.3 is 15.1 Å². The molecule has 5 aromatic rings. The highest BCUT2D eigenvalue weighted by Gasteiger charge is 2.29. The van der Waals surface area contributed by atoms with Crippen molar-refractivity contribution in [3.63, 3.8) is 0 Å². The number of amides is 2. The van der Waals surface area contributed by atoms with Crippen LogP contribution in [0.3, 0.4) is 0 Å². The largest absolute Gasteiger partial charge is 0.437 e. The first kappa shape index (κ1) is 29.5. The smallest absolute Gasteiger partial charge is 0.389 e. The van der Waals surface area contributed by atoms with Gasteiger partial charge in [0.05, 0.1) is 22.3 Å². The zero-order chi connectivity index (χ0) is 30.9. The molecule has 0 atom stereocenters. The second-order valence-corrected chi connectivity index (χ2v) is 11.0. The van der Waals surface area contributed by atoms with Gasteiger partial charge in [-0.25, -0.2) is 14.6 Å². The lowest BCUT2D eigenvalue weighted by Gasteiger charge is -2.20. The molecule has 12 heteroatoms. The predicted octanol–water partition coefficient (Wildman–Crippen LogP) is 6.13. The van der Waals surface area contributed by atoms with E-state index in [2.05, 4.69) is 25.7 Å². The molecule has 3 heterocycles. The van der Waals surface area contributed by atoms with E-state index in [0.717, 1.165) is 5.69 Å². The number of nitrogens with zero attached hydrogens (tertiary/aromatic N) is 4. The third-order valence-electron chi connectivity index (χ3n) is 6.60. The number of carbonyl (C=O) groups is 2. The Balaban J connectivity index is 1.67. The number of rotatable bonds is 7. The average molecular weight is 591 g/mol. The van der Waals surface area contributed by atoms with Crippen LogP contribution in [0.15, 0.2) is 71.7 Å². The Morgan fingerprint density at radius 2 is 1.72 bits per heavy atom. The molecule has 0 saturated heterocycles. The number of aryl methyl sites for hydroxylation is 1. The van der Waals surface area contributed by atoms with Crippen molar-refractivity contribution in [2.75, 3.05) is 7.05 Å². The van der Waals surface area contributed by atoms with E-state index >= 15 is 0 Å². The topological polar surface area (TPSA) is 115 Å². The van der Waals surface area contributed by atoms with Crippen molar-refractivity contribution in [3.05, 3.63) is 84.1 Å². The number of alkyl halides is 3. The maximum absolute atomic E-state index is 13.3. The summed E-state index contributed by atoms with van der Waals surface area (Å²) >= 11 is 0. The van der Waals surface area contributed by atoms with E-state index in [1.54, 1.807) is 65.6 Å². The zero-order valence-corrected chi connectivity index (χ0v) is 23.9. The van der Waals surface area contributed by atoms with E-state index < -0.39 is 30.5 Å². The first-order valence-electron chi connectivity index (χ1n) is 13.5. The Labute approximate surface area is 245 Å². The lowest BCUT2D eigenvalue weighted by atomic mass is 9.96. The zero-order valence-electron chi connectivity index (χ0n) is 23.9. The molecule has 2 aromatic carbocycles. The van der Waals surface area contributed by atoms with E-state index in [0.29, 0.717) is 27.6 Å². The van der Waals surface area contributed by atoms with Crippen LogP contribution >= 0.6 is 0 Å². The normalized spacial score (nSPS) is 12.0. The minimum absolute atomic E-state index is 0.0245. The summed E-state index contributed by atoms with van der Waals surface area (Å²) in [5.41, 5.74) is 2.31. The minimum atomic E-state index is -4.42. The first-order valence-corrected chi connectivity index (χ1v) is 13.5. The van der Waals surface area contributed by atoms with Gasteiger partial charge in [-0.05, 0) is 75.2 Å². The van der Waals surface area contributed by atoms with Crippen molar-refractivity contribution < 1.29 is 27.2 Å². The molecule has 0 fully saturated rings. The third kappa shape index (κ3) is 6.58. The summed E-state index contributed by atoms with van der Waals surface area (Å²) in [5, 5.41) is 9.93. The number of furan rings is 1. The molecule has 9 nitrogen and oxygen atoms in total. The van der Waals surface area contributed by atoms with Crippen molar-refractivity contribution >= 4 is 22.9 Å². The van der Waals surface area contributed by atoms with E-state index in [4.69, 9.17) is 4.42 Å². The summed E-state index contributed by atoms with van der Waals surface area (Å²) in [4.78, 5) is 34.5. The average Bonchev–Trinajstić information content (AvgIpc) is 3.62. The van der Waals surface area contributed by atoms with Crippen LogP contribution in [-0.2, 0) is 6.42 Å². The van der Waals surface area contributed by atoms with E-state index in [1.807, 2.05) is 20.8 Å². The van der Waals surface area contributed by atoms with Crippen molar-refractivity contribution in [1.82, 2.24) is 30.4 Å². The number of fused-ring (bicyclic) bond motifs is 1. The molecule has 43 heavy (non-hydrogen) atoms. The number of nitrogens with one attached hydrogen (secondary N) is 2. The summed E-state index contributed by atoms with van der Waals surface area (Å²) < 4.78 is 47.6. The second kappa shape index (κ2) is 11.3. The highest BCUT2D eigenvalue weighted by molar-refractivity contribution is 6.11. The summed E-state index contributed by atoms with van der Waals surface area (Å²) in [7, 11) is 1.47. The molecule has 0 aliphatic heterocycles. The van der Waals surface area contributed by atoms with Crippen LogP contribution in [0.2, 0.25) is 0 Å². The van der Waals surface area contributed by atoms with Gasteiger partial charge in [0.15, 0.2) is 0 Å². The van der Waals surface area contributed by atoms with Gasteiger partial charge >= 0.3 is 6.18 Å². The number of carbonyl (C=O) groups excluding carboxylic acids is 2. The fourth-order valence-corrected chi connectivity index (χ4v) is 4.66. The standard InChI is InChI=1S/C31H29F3N6O3/c1-30(2,3)39-27(41)20-7-5-6-19(14-20)22-15-23-25(28(42)35-4)26(43-29(23)38-24(22)12-13-31(32,33)34)18-8-10-21(11-9-18)40-17-36-16-37-40/h5-11,14-17H,12-13H2,1-4H3,(H,35,42)(H,39,41). The van der Waals surface area contributed by atoms with Gasteiger partial charge in [0.2, 0.25) is 5.71 Å². The van der Waals surface area contributed by atoms with Crippen molar-refractivity contribution in [2.45, 2.75) is 45.3 Å². The Kier molecular flexibility index (Phi) is 7.78. The predicted molar refractivity (Wildman–Crippen MR) is 155 cm³/mol. The maximum atomic E-state index is 13.3. The van der Waals surface area contributed by atoms with Crippen molar-refractivity contribution in [3.8, 4) is 28.1 Å². The minimum Gasteiger partial charge on any atom is -0.437 e. The molecule has 0 aliphatic rings. The van der Waals surface area contributed by atoms with Gasteiger partial charge in [0.25, 0.3) is 11.8 Å². The highest BCUT2D eigenvalue weighted by atomic mass is 19.4. The fourth-order valence-electron chi connectivity index (χ4n) is 4.66. The molecule has 0 aliphatic carbocycles. The molecule has 2 amide bonds. The maximum Gasteiger partial charge on any atom is 0.389 e. The van der Waals surface area contributed by atoms with Crippen molar-refractivity contribution in [2.24, 2.45) is 0 Å². The number of hydrogen-bond donors (Lipinski definition) is 2. The van der Waals surface area contributed by atoms with Gasteiger partial charge in [-0.2, -0.15) is 18.3 Å². The number of halogens is 3. The Morgan fingerprint density at radius 3 is 2.35 bits per heavy atom. The van der Waals surface area contributed by atoms with E-state index in [9.17, 15) is 22.8 Å². The molecule has 0 unspecified atom stereocenters. The van der Waals surface area contributed by atoms with Crippen LogP contribution in [0.5, 0.6) is 0 Å². The highest BCUT2D eigenvalue weighted by Crippen LogP contribution is 2.38. The molecule has 0 saturated carbocycles. The third-order valence-corrected chi connectivity index (χ3v) is 6.60. The number of hydrogen-bond acceptors (Lipinski definition) is 6. The molecule has 0 radical (unpaired) electrons. The van der Waals surface area contributed by atoms with Crippen molar-refractivity contribution in [1.29, 1.82) is 0 Å². The number of pyridine rings is 1. The fraction of sp³-hybridized carbons (Fsp3) is 0.258. The molecule has 5 rings (SSSR count). The molecule has 0 spiro atoms. The quantitative estimate of drug-likeness (QED) is 0.236. The lowest BCUT2D eigenvalue weighted by molar-refractivity contribution is -0.134. The van der Waals surface area contributed by atoms with Crippen LogP contribution in [0.4, 0.5) is 13.2 Å². The molecular formula is C31H29F3N6O3. The molecule has 222 valence electrons. The lowest BCUT2D eigenvalue weighted by Crippen LogP contribution is -2.40.